The summed E-state index contributed by atoms with van der Waals surface area (Å²) in [4.78, 5) is 4.56. The minimum atomic E-state index is 0.707. The summed E-state index contributed by atoms with van der Waals surface area (Å²) in [6.45, 7) is 2.91. The Labute approximate surface area is 176 Å². The predicted molar refractivity (Wildman–Crippen MR) is 121 cm³/mol. The van der Waals surface area contributed by atoms with Gasteiger partial charge in [0.1, 0.15) is 0 Å². The highest BCUT2D eigenvalue weighted by molar-refractivity contribution is 7.14. The van der Waals surface area contributed by atoms with Crippen LogP contribution in [0.5, 0.6) is 11.5 Å². The second-order valence-corrected chi connectivity index (χ2v) is 7.45. The number of thiazole rings is 1. The maximum absolute atomic E-state index is 5.85. The Hall–Kier alpha value is -2.86. The molecule has 0 amide bonds. The average molecular weight is 410 g/mol. The Morgan fingerprint density at radius 3 is 2.72 bits per heavy atom. The number of nitrogens with zero attached hydrogens (tertiary/aromatic N) is 2. The highest BCUT2D eigenvalue weighted by Crippen LogP contribution is 2.28. The van der Waals surface area contributed by atoms with Crippen molar-refractivity contribution in [2.24, 2.45) is 5.10 Å². The van der Waals surface area contributed by atoms with Crippen molar-refractivity contribution < 1.29 is 9.47 Å². The van der Waals surface area contributed by atoms with E-state index in [1.165, 1.54) is 30.6 Å². The summed E-state index contributed by atoms with van der Waals surface area (Å²) in [5, 5.41) is 7.06. The van der Waals surface area contributed by atoms with Crippen LogP contribution in [0.4, 0.5) is 5.13 Å². The topological polar surface area (TPSA) is 55.7 Å². The zero-order valence-corrected chi connectivity index (χ0v) is 17.7. The maximum Gasteiger partial charge on any atom is 0.203 e. The zero-order valence-electron chi connectivity index (χ0n) is 16.9. The van der Waals surface area contributed by atoms with E-state index >= 15 is 0 Å². The molecule has 152 valence electrons. The third kappa shape index (κ3) is 6.32. The summed E-state index contributed by atoms with van der Waals surface area (Å²) >= 11 is 1.52. The molecule has 1 heterocycles. The number of ether oxygens (including phenoxy) is 2. The Morgan fingerprint density at radius 1 is 1.07 bits per heavy atom. The molecule has 3 rings (SSSR count). The molecule has 0 aliphatic rings. The normalized spacial score (nSPS) is 11.0. The van der Waals surface area contributed by atoms with Crippen molar-refractivity contribution in [2.45, 2.75) is 32.6 Å². The fourth-order valence-corrected chi connectivity index (χ4v) is 3.49. The minimum Gasteiger partial charge on any atom is -0.493 e. The Morgan fingerprint density at radius 2 is 1.93 bits per heavy atom. The van der Waals surface area contributed by atoms with E-state index in [1.807, 2.05) is 53.9 Å². The highest BCUT2D eigenvalue weighted by atomic mass is 32.1. The van der Waals surface area contributed by atoms with Crippen LogP contribution in [-0.2, 0) is 0 Å². The van der Waals surface area contributed by atoms with E-state index in [2.05, 4.69) is 22.4 Å². The summed E-state index contributed by atoms with van der Waals surface area (Å²) < 4.78 is 11.3. The van der Waals surface area contributed by atoms with Gasteiger partial charge in [-0.2, -0.15) is 5.10 Å². The standard InChI is InChI=1S/C23H27N3O2S/c1-3-4-5-9-14-28-21-13-12-18(15-22(21)27-2)16-24-26-23-25-20(17-29-23)19-10-7-6-8-11-19/h6-8,10-13,15-17H,3-5,9,14H2,1-2H3,(H,25,26). The Balaban J connectivity index is 1.56. The van der Waals surface area contributed by atoms with Crippen LogP contribution >= 0.6 is 11.3 Å². The van der Waals surface area contributed by atoms with Crippen LogP contribution in [0.1, 0.15) is 38.2 Å². The average Bonchev–Trinajstić information content (AvgIpc) is 3.24. The van der Waals surface area contributed by atoms with Gasteiger partial charge in [-0.15, -0.1) is 11.3 Å². The largest absolute Gasteiger partial charge is 0.493 e. The quantitative estimate of drug-likeness (QED) is 0.232. The first kappa shape index (κ1) is 20.9. The van der Waals surface area contributed by atoms with Gasteiger partial charge in [0.15, 0.2) is 11.5 Å². The summed E-state index contributed by atoms with van der Waals surface area (Å²) in [6, 6.07) is 15.9. The number of anilines is 1. The molecule has 0 atom stereocenters. The number of hydrazone groups is 1. The molecule has 0 saturated heterocycles. The lowest BCUT2D eigenvalue weighted by molar-refractivity contribution is 0.285. The van der Waals surface area contributed by atoms with Gasteiger partial charge in [-0.05, 0) is 30.2 Å². The van der Waals surface area contributed by atoms with Crippen molar-refractivity contribution in [1.82, 2.24) is 4.98 Å². The lowest BCUT2D eigenvalue weighted by atomic mass is 10.2. The van der Waals surface area contributed by atoms with Gasteiger partial charge in [0, 0.05) is 10.9 Å². The molecule has 0 radical (unpaired) electrons. The van der Waals surface area contributed by atoms with E-state index < -0.39 is 0 Å². The first-order valence-electron chi connectivity index (χ1n) is 9.91. The summed E-state index contributed by atoms with van der Waals surface area (Å²) in [5.41, 5.74) is 5.95. The fourth-order valence-electron chi connectivity index (χ4n) is 2.82. The third-order valence-corrected chi connectivity index (χ3v) is 5.14. The van der Waals surface area contributed by atoms with Crippen molar-refractivity contribution in [3.63, 3.8) is 0 Å². The number of methoxy groups -OCH3 is 1. The van der Waals surface area contributed by atoms with Gasteiger partial charge < -0.3 is 9.47 Å². The smallest absolute Gasteiger partial charge is 0.203 e. The van der Waals surface area contributed by atoms with E-state index in [0.717, 1.165) is 34.1 Å². The SMILES string of the molecule is CCCCCCOc1ccc(C=NNc2nc(-c3ccccc3)cs2)cc1OC. The van der Waals surface area contributed by atoms with Crippen molar-refractivity contribution in [2.75, 3.05) is 19.1 Å². The molecule has 0 spiro atoms. The first-order valence-corrected chi connectivity index (χ1v) is 10.8. The number of benzene rings is 2. The van der Waals surface area contributed by atoms with Crippen LogP contribution in [0.25, 0.3) is 11.3 Å². The molecule has 0 aliphatic carbocycles. The van der Waals surface area contributed by atoms with Crippen LogP contribution in [0.15, 0.2) is 59.0 Å². The summed E-state index contributed by atoms with van der Waals surface area (Å²) in [5.74, 6) is 1.48. The molecule has 0 saturated carbocycles. The first-order chi connectivity index (χ1) is 14.3. The van der Waals surface area contributed by atoms with Gasteiger partial charge in [0.25, 0.3) is 0 Å². The fraction of sp³-hybridized carbons (Fsp3) is 0.304. The molecule has 3 aromatic rings. The zero-order chi connectivity index (χ0) is 20.3. The van der Waals surface area contributed by atoms with Crippen molar-refractivity contribution in [1.29, 1.82) is 0 Å². The number of aromatic nitrogens is 1. The Bertz CT molecular complexity index is 909. The third-order valence-electron chi connectivity index (χ3n) is 4.39. The molecule has 5 nitrogen and oxygen atoms in total. The van der Waals surface area contributed by atoms with Gasteiger partial charge in [0.2, 0.25) is 5.13 Å². The van der Waals surface area contributed by atoms with Gasteiger partial charge in [-0.3, -0.25) is 5.43 Å². The predicted octanol–water partition coefficient (Wildman–Crippen LogP) is 6.22. The highest BCUT2D eigenvalue weighted by Gasteiger charge is 2.06. The Kier molecular flexibility index (Phi) is 8.07. The number of hydrogen-bond acceptors (Lipinski definition) is 6. The van der Waals surface area contributed by atoms with Crippen LogP contribution in [0, 0.1) is 0 Å². The van der Waals surface area contributed by atoms with Crippen molar-refractivity contribution >= 4 is 22.7 Å². The van der Waals surface area contributed by atoms with Gasteiger partial charge in [0.05, 0.1) is 25.6 Å². The molecule has 0 fully saturated rings. The lowest BCUT2D eigenvalue weighted by Gasteiger charge is -2.11. The lowest BCUT2D eigenvalue weighted by Crippen LogP contribution is -2.00. The minimum absolute atomic E-state index is 0.707. The van der Waals surface area contributed by atoms with E-state index in [9.17, 15) is 0 Å². The monoisotopic (exact) mass is 409 g/mol. The van der Waals surface area contributed by atoms with Crippen LogP contribution < -0.4 is 14.9 Å². The van der Waals surface area contributed by atoms with Crippen LogP contribution in [0.3, 0.4) is 0 Å². The molecule has 0 bridgehead atoms. The molecular weight excluding hydrogens is 382 g/mol. The van der Waals surface area contributed by atoms with Gasteiger partial charge in [-0.25, -0.2) is 4.98 Å². The molecule has 6 heteroatoms. The second kappa shape index (κ2) is 11.2. The molecule has 1 aromatic heterocycles. The number of nitrogens with one attached hydrogen (secondary N) is 1. The van der Waals surface area contributed by atoms with Crippen molar-refractivity contribution in [3.05, 3.63) is 59.5 Å². The molecule has 2 aromatic carbocycles. The molecule has 0 unspecified atom stereocenters. The van der Waals surface area contributed by atoms with E-state index in [0.29, 0.717) is 12.4 Å². The second-order valence-electron chi connectivity index (χ2n) is 6.59. The van der Waals surface area contributed by atoms with E-state index in [-0.39, 0.29) is 0 Å². The summed E-state index contributed by atoms with van der Waals surface area (Å²) in [6.07, 6.45) is 6.47. The number of hydrogen-bond donors (Lipinski definition) is 1. The summed E-state index contributed by atoms with van der Waals surface area (Å²) in [7, 11) is 1.65. The molecule has 1 N–H and O–H groups in total. The van der Waals surface area contributed by atoms with Gasteiger partial charge >= 0.3 is 0 Å². The van der Waals surface area contributed by atoms with Crippen LogP contribution in [-0.4, -0.2) is 24.9 Å². The van der Waals surface area contributed by atoms with Crippen LogP contribution in [0.2, 0.25) is 0 Å². The van der Waals surface area contributed by atoms with E-state index in [1.54, 1.807) is 13.3 Å². The maximum atomic E-state index is 5.85. The molecular formula is C23H27N3O2S. The number of unbranched alkanes of at least 4 members (excludes halogenated alkanes) is 3. The molecule has 0 aliphatic heterocycles. The number of rotatable bonds is 11. The van der Waals surface area contributed by atoms with Gasteiger partial charge in [-0.1, -0.05) is 56.5 Å². The van der Waals surface area contributed by atoms with E-state index in [4.69, 9.17) is 9.47 Å². The van der Waals surface area contributed by atoms with Crippen molar-refractivity contribution in [3.8, 4) is 22.8 Å². The molecule has 29 heavy (non-hydrogen) atoms.